The molecule has 0 spiro atoms. The van der Waals surface area contributed by atoms with Gasteiger partial charge in [0, 0.05) is 5.92 Å². The second-order valence-electron chi connectivity index (χ2n) is 6.71. The Morgan fingerprint density at radius 1 is 1.00 bits per heavy atom. The number of rotatable bonds is 7. The summed E-state index contributed by atoms with van der Waals surface area (Å²) in [5.74, 6) is -0.452. The fourth-order valence-corrected chi connectivity index (χ4v) is 3.32. The zero-order valence-corrected chi connectivity index (χ0v) is 15.7. The number of unbranched alkanes of at least 4 members (excludes halogenated alkanes) is 1. The van der Waals surface area contributed by atoms with E-state index in [1.807, 2.05) is 31.2 Å². The highest BCUT2D eigenvalue weighted by Gasteiger charge is 2.29. The van der Waals surface area contributed by atoms with Gasteiger partial charge in [-0.3, -0.25) is 0 Å². The second-order valence-corrected chi connectivity index (χ2v) is 6.71. The second kappa shape index (κ2) is 8.71. The third-order valence-corrected chi connectivity index (χ3v) is 4.77. The number of hydrogen-bond acceptors (Lipinski definition) is 4. The van der Waals surface area contributed by atoms with E-state index < -0.39 is 18.1 Å². The molecule has 0 bridgehead atoms. The third-order valence-electron chi connectivity index (χ3n) is 4.77. The fourth-order valence-electron chi connectivity index (χ4n) is 3.32. The molecule has 0 fully saturated rings. The number of esters is 1. The van der Waals surface area contributed by atoms with Crippen LogP contribution in [0, 0.1) is 0 Å². The molecule has 1 aliphatic carbocycles. The van der Waals surface area contributed by atoms with E-state index in [1.54, 1.807) is 6.92 Å². The molecule has 0 aliphatic heterocycles. The Bertz CT molecular complexity index is 772. The van der Waals surface area contributed by atoms with Gasteiger partial charge < -0.3 is 14.8 Å². The van der Waals surface area contributed by atoms with Crippen LogP contribution in [0.4, 0.5) is 4.79 Å². The summed E-state index contributed by atoms with van der Waals surface area (Å²) >= 11 is 0. The molecular formula is C22H25NO4. The van der Waals surface area contributed by atoms with Crippen LogP contribution in [-0.2, 0) is 14.3 Å². The summed E-state index contributed by atoms with van der Waals surface area (Å²) in [7, 11) is 0. The Kier molecular flexibility index (Phi) is 6.12. The topological polar surface area (TPSA) is 64.6 Å². The average molecular weight is 367 g/mol. The van der Waals surface area contributed by atoms with Crippen LogP contribution in [0.2, 0.25) is 0 Å². The molecule has 0 saturated heterocycles. The van der Waals surface area contributed by atoms with Crippen molar-refractivity contribution in [1.29, 1.82) is 0 Å². The van der Waals surface area contributed by atoms with Crippen LogP contribution in [-0.4, -0.2) is 31.3 Å². The summed E-state index contributed by atoms with van der Waals surface area (Å²) in [6.07, 6.45) is 1.14. The Morgan fingerprint density at radius 3 is 2.19 bits per heavy atom. The first-order valence-corrected chi connectivity index (χ1v) is 9.40. The average Bonchev–Trinajstić information content (AvgIpc) is 3.00. The molecule has 1 N–H and O–H groups in total. The van der Waals surface area contributed by atoms with E-state index >= 15 is 0 Å². The first-order valence-electron chi connectivity index (χ1n) is 9.40. The van der Waals surface area contributed by atoms with E-state index in [0.29, 0.717) is 6.61 Å². The Balaban J connectivity index is 1.58. The van der Waals surface area contributed by atoms with Crippen LogP contribution in [0.3, 0.4) is 0 Å². The molecule has 1 atom stereocenters. The molecule has 1 aliphatic rings. The predicted molar refractivity (Wildman–Crippen MR) is 104 cm³/mol. The summed E-state index contributed by atoms with van der Waals surface area (Å²) < 4.78 is 10.5. The highest BCUT2D eigenvalue weighted by atomic mass is 16.6. The van der Waals surface area contributed by atoms with Gasteiger partial charge >= 0.3 is 12.1 Å². The number of hydrogen-bond donors (Lipinski definition) is 1. The molecule has 0 saturated carbocycles. The maximum Gasteiger partial charge on any atom is 0.407 e. The number of ether oxygens (including phenoxy) is 2. The summed E-state index contributed by atoms with van der Waals surface area (Å²) in [4.78, 5) is 24.0. The normalized spacial score (nSPS) is 13.4. The van der Waals surface area contributed by atoms with Crippen molar-refractivity contribution in [2.75, 3.05) is 13.2 Å². The van der Waals surface area contributed by atoms with Crippen molar-refractivity contribution in [2.24, 2.45) is 0 Å². The molecule has 27 heavy (non-hydrogen) atoms. The van der Waals surface area contributed by atoms with Gasteiger partial charge in [0.15, 0.2) is 0 Å². The van der Waals surface area contributed by atoms with Gasteiger partial charge in [-0.15, -0.1) is 0 Å². The number of nitrogens with one attached hydrogen (secondary N) is 1. The first-order chi connectivity index (χ1) is 13.1. The number of carbonyl (C=O) groups excluding carboxylic acids is 2. The lowest BCUT2D eigenvalue weighted by molar-refractivity contribution is -0.145. The number of alkyl carbamates (subject to hydrolysis) is 1. The van der Waals surface area contributed by atoms with Crippen molar-refractivity contribution in [2.45, 2.75) is 38.6 Å². The van der Waals surface area contributed by atoms with Gasteiger partial charge in [0.25, 0.3) is 0 Å². The zero-order chi connectivity index (χ0) is 19.2. The molecule has 142 valence electrons. The highest BCUT2D eigenvalue weighted by molar-refractivity contribution is 5.81. The third kappa shape index (κ3) is 4.30. The van der Waals surface area contributed by atoms with Crippen molar-refractivity contribution >= 4 is 12.1 Å². The maximum absolute atomic E-state index is 12.1. The minimum atomic E-state index is -0.738. The van der Waals surface area contributed by atoms with E-state index in [2.05, 4.69) is 29.6 Å². The van der Waals surface area contributed by atoms with Crippen LogP contribution >= 0.6 is 0 Å². The van der Waals surface area contributed by atoms with Gasteiger partial charge in [-0.05, 0) is 35.6 Å². The Morgan fingerprint density at radius 2 is 1.59 bits per heavy atom. The number of fused-ring (bicyclic) bond motifs is 3. The van der Waals surface area contributed by atoms with Crippen LogP contribution in [0.1, 0.15) is 43.7 Å². The van der Waals surface area contributed by atoms with Crippen molar-refractivity contribution in [3.05, 3.63) is 59.7 Å². The standard InChI is InChI=1S/C22H25NO4/c1-3-4-13-26-21(24)15(2)23-22(25)27-14-20-18-11-7-5-9-16(18)17-10-6-8-12-19(17)20/h5-12,15,20H,3-4,13-14H2,1-2H3,(H,23,25)/t15-/m0/s1. The first kappa shape index (κ1) is 19.0. The molecule has 3 rings (SSSR count). The van der Waals surface area contributed by atoms with Gasteiger partial charge in [-0.1, -0.05) is 61.9 Å². The van der Waals surface area contributed by atoms with E-state index in [0.717, 1.165) is 24.0 Å². The van der Waals surface area contributed by atoms with Crippen LogP contribution in [0.5, 0.6) is 0 Å². The maximum atomic E-state index is 12.1. The molecule has 0 unspecified atom stereocenters. The summed E-state index contributed by atoms with van der Waals surface area (Å²) in [6, 6.07) is 15.6. The van der Waals surface area contributed by atoms with E-state index in [-0.39, 0.29) is 12.5 Å². The Labute approximate surface area is 159 Å². The summed E-state index contributed by atoms with van der Waals surface area (Å²) in [6.45, 7) is 4.20. The van der Waals surface area contributed by atoms with E-state index in [9.17, 15) is 9.59 Å². The largest absolute Gasteiger partial charge is 0.464 e. The van der Waals surface area contributed by atoms with Crippen LogP contribution < -0.4 is 5.32 Å². The van der Waals surface area contributed by atoms with Gasteiger partial charge in [0.05, 0.1) is 6.61 Å². The van der Waals surface area contributed by atoms with Gasteiger partial charge in [0.2, 0.25) is 0 Å². The fraction of sp³-hybridized carbons (Fsp3) is 0.364. The quantitative estimate of drug-likeness (QED) is 0.587. The molecule has 0 aromatic heterocycles. The van der Waals surface area contributed by atoms with Crippen molar-refractivity contribution in [3.63, 3.8) is 0 Å². The number of amides is 1. The van der Waals surface area contributed by atoms with E-state index in [1.165, 1.54) is 11.1 Å². The van der Waals surface area contributed by atoms with Crippen LogP contribution in [0.15, 0.2) is 48.5 Å². The minimum absolute atomic E-state index is 0.00466. The van der Waals surface area contributed by atoms with Gasteiger partial charge in [-0.25, -0.2) is 9.59 Å². The highest BCUT2D eigenvalue weighted by Crippen LogP contribution is 2.44. The monoisotopic (exact) mass is 367 g/mol. The molecule has 5 heteroatoms. The molecule has 2 aromatic rings. The zero-order valence-electron chi connectivity index (χ0n) is 15.7. The SMILES string of the molecule is CCCCOC(=O)[C@H](C)NC(=O)OCC1c2ccccc2-c2ccccc21. The number of benzene rings is 2. The summed E-state index contributed by atoms with van der Waals surface area (Å²) in [5, 5.41) is 2.54. The van der Waals surface area contributed by atoms with Crippen molar-refractivity contribution in [3.8, 4) is 11.1 Å². The lowest BCUT2D eigenvalue weighted by Gasteiger charge is -2.16. The Hall–Kier alpha value is -2.82. The minimum Gasteiger partial charge on any atom is -0.464 e. The van der Waals surface area contributed by atoms with E-state index in [4.69, 9.17) is 9.47 Å². The lowest BCUT2D eigenvalue weighted by atomic mass is 9.98. The predicted octanol–water partition coefficient (Wildman–Crippen LogP) is 4.26. The van der Waals surface area contributed by atoms with Gasteiger partial charge in [-0.2, -0.15) is 0 Å². The summed E-state index contributed by atoms with van der Waals surface area (Å²) in [5.41, 5.74) is 4.65. The lowest BCUT2D eigenvalue weighted by Crippen LogP contribution is -2.40. The molecule has 1 amide bonds. The molecule has 2 aromatic carbocycles. The van der Waals surface area contributed by atoms with Crippen molar-refractivity contribution in [1.82, 2.24) is 5.32 Å². The smallest absolute Gasteiger partial charge is 0.407 e. The van der Waals surface area contributed by atoms with Crippen LogP contribution in [0.25, 0.3) is 11.1 Å². The van der Waals surface area contributed by atoms with Gasteiger partial charge in [0.1, 0.15) is 12.6 Å². The molecular weight excluding hydrogens is 342 g/mol. The molecule has 0 radical (unpaired) electrons. The van der Waals surface area contributed by atoms with Crippen molar-refractivity contribution < 1.29 is 19.1 Å². The molecule has 0 heterocycles. The molecule has 5 nitrogen and oxygen atoms in total. The number of carbonyl (C=O) groups is 2.